The summed E-state index contributed by atoms with van der Waals surface area (Å²) >= 11 is 0. The molecule has 1 aromatic rings. The summed E-state index contributed by atoms with van der Waals surface area (Å²) in [5, 5.41) is 2.87. The Morgan fingerprint density at radius 1 is 1.15 bits per heavy atom. The van der Waals surface area contributed by atoms with Gasteiger partial charge in [-0.3, -0.25) is 9.69 Å². The van der Waals surface area contributed by atoms with Gasteiger partial charge in [-0.2, -0.15) is 0 Å². The summed E-state index contributed by atoms with van der Waals surface area (Å²) in [4.78, 5) is 30.6. The fourth-order valence-electron chi connectivity index (χ4n) is 3.66. The average molecular weight is 376 g/mol. The molecule has 1 atom stereocenters. The molecule has 0 unspecified atom stereocenters. The summed E-state index contributed by atoms with van der Waals surface area (Å²) in [5.74, 6) is 0.109. The van der Waals surface area contributed by atoms with Crippen molar-refractivity contribution in [3.8, 4) is 0 Å². The van der Waals surface area contributed by atoms with E-state index in [-0.39, 0.29) is 24.4 Å². The van der Waals surface area contributed by atoms with Gasteiger partial charge in [0, 0.05) is 26.2 Å². The van der Waals surface area contributed by atoms with Gasteiger partial charge in [0.05, 0.1) is 12.4 Å². The van der Waals surface area contributed by atoms with Crippen LogP contribution in [0, 0.1) is 11.7 Å². The molecule has 2 fully saturated rings. The van der Waals surface area contributed by atoms with E-state index < -0.39 is 5.54 Å². The molecule has 0 bridgehead atoms. The molecule has 2 heterocycles. The zero-order valence-corrected chi connectivity index (χ0v) is 16.4. The number of nitrogens with one attached hydrogen (secondary N) is 1. The van der Waals surface area contributed by atoms with Crippen LogP contribution < -0.4 is 10.2 Å². The number of piperazine rings is 1. The van der Waals surface area contributed by atoms with Gasteiger partial charge < -0.3 is 10.2 Å². The number of hydrogen-bond acceptors (Lipinski definition) is 4. The minimum Gasteiger partial charge on any atom is -0.367 e. The lowest BCUT2D eigenvalue weighted by molar-refractivity contribution is -0.132. The Hall–Kier alpha value is -2.15. The fourth-order valence-corrected chi connectivity index (χ4v) is 3.66. The number of nitrogens with zero attached hydrogens (tertiary/aromatic N) is 3. The molecule has 3 rings (SSSR count). The van der Waals surface area contributed by atoms with Crippen LogP contribution in [0.2, 0.25) is 0 Å². The number of hydrogen-bond donors (Lipinski definition) is 1. The fraction of sp³-hybridized carbons (Fsp3) is 0.600. The van der Waals surface area contributed by atoms with E-state index in [1.807, 2.05) is 17.9 Å². The minimum atomic E-state index is -0.809. The van der Waals surface area contributed by atoms with Crippen LogP contribution in [0.1, 0.15) is 33.6 Å². The number of imide groups is 1. The van der Waals surface area contributed by atoms with Crippen molar-refractivity contribution < 1.29 is 14.0 Å². The quantitative estimate of drug-likeness (QED) is 0.776. The van der Waals surface area contributed by atoms with Crippen molar-refractivity contribution in [1.29, 1.82) is 0 Å². The summed E-state index contributed by atoms with van der Waals surface area (Å²) in [6.07, 6.45) is 1.53. The first-order chi connectivity index (χ1) is 12.8. The van der Waals surface area contributed by atoms with E-state index in [0.717, 1.165) is 6.42 Å². The number of carbonyl (C=O) groups is 2. The Balaban J connectivity index is 1.56. The SMILES string of the molecule is CC(C)CC[C@@]1(C)NC(=O)N(CN2CCN(c3ccccc3F)CC2)C1=O. The van der Waals surface area contributed by atoms with Gasteiger partial charge in [-0.15, -0.1) is 0 Å². The van der Waals surface area contributed by atoms with Crippen molar-refractivity contribution in [2.45, 2.75) is 39.2 Å². The molecule has 1 aromatic carbocycles. The van der Waals surface area contributed by atoms with E-state index >= 15 is 0 Å². The lowest BCUT2D eigenvalue weighted by Crippen LogP contribution is -2.52. The Morgan fingerprint density at radius 3 is 2.44 bits per heavy atom. The molecule has 2 aliphatic rings. The second-order valence-corrected chi connectivity index (χ2v) is 8.13. The maximum atomic E-state index is 14.0. The van der Waals surface area contributed by atoms with Crippen molar-refractivity contribution in [2.24, 2.45) is 5.92 Å². The Morgan fingerprint density at radius 2 is 1.81 bits per heavy atom. The number of urea groups is 1. The van der Waals surface area contributed by atoms with Crippen LogP contribution in [0.3, 0.4) is 0 Å². The van der Waals surface area contributed by atoms with Gasteiger partial charge >= 0.3 is 6.03 Å². The van der Waals surface area contributed by atoms with Crippen LogP contribution in [0.25, 0.3) is 0 Å². The van der Waals surface area contributed by atoms with Crippen LogP contribution in [0.15, 0.2) is 24.3 Å². The molecule has 2 saturated heterocycles. The summed E-state index contributed by atoms with van der Waals surface area (Å²) in [6.45, 7) is 8.99. The third kappa shape index (κ3) is 4.24. The first-order valence-electron chi connectivity index (χ1n) is 9.66. The van der Waals surface area contributed by atoms with Gasteiger partial charge in [0.1, 0.15) is 11.4 Å². The average Bonchev–Trinajstić information content (AvgIpc) is 2.85. The topological polar surface area (TPSA) is 55.9 Å². The molecule has 0 aromatic heterocycles. The van der Waals surface area contributed by atoms with E-state index in [0.29, 0.717) is 44.2 Å². The molecule has 7 heteroatoms. The minimum absolute atomic E-state index is 0.148. The number of amides is 3. The van der Waals surface area contributed by atoms with Gasteiger partial charge in [-0.25, -0.2) is 14.1 Å². The smallest absolute Gasteiger partial charge is 0.326 e. The highest BCUT2D eigenvalue weighted by Gasteiger charge is 2.47. The predicted molar refractivity (Wildman–Crippen MR) is 103 cm³/mol. The first kappa shape index (κ1) is 19.6. The monoisotopic (exact) mass is 376 g/mol. The first-order valence-corrected chi connectivity index (χ1v) is 9.66. The normalized spacial score (nSPS) is 24.0. The number of anilines is 1. The molecule has 0 radical (unpaired) electrons. The zero-order valence-electron chi connectivity index (χ0n) is 16.4. The second-order valence-electron chi connectivity index (χ2n) is 8.13. The molecule has 2 aliphatic heterocycles. The van der Waals surface area contributed by atoms with Crippen molar-refractivity contribution >= 4 is 17.6 Å². The third-order valence-corrected chi connectivity index (χ3v) is 5.47. The highest BCUT2D eigenvalue weighted by Crippen LogP contribution is 2.25. The molecule has 0 aliphatic carbocycles. The van der Waals surface area contributed by atoms with Crippen LogP contribution in [-0.4, -0.2) is 60.1 Å². The van der Waals surface area contributed by atoms with Crippen LogP contribution >= 0.6 is 0 Å². The predicted octanol–water partition coefficient (Wildman–Crippen LogP) is 2.65. The molecular weight excluding hydrogens is 347 g/mol. The van der Waals surface area contributed by atoms with E-state index in [9.17, 15) is 14.0 Å². The van der Waals surface area contributed by atoms with Gasteiger partial charge in [0.25, 0.3) is 5.91 Å². The molecule has 27 heavy (non-hydrogen) atoms. The second kappa shape index (κ2) is 7.84. The summed E-state index contributed by atoms with van der Waals surface area (Å²) in [7, 11) is 0. The molecular formula is C20H29FN4O2. The van der Waals surface area contributed by atoms with Gasteiger partial charge in [-0.1, -0.05) is 26.0 Å². The van der Waals surface area contributed by atoms with E-state index in [1.54, 1.807) is 12.1 Å². The lowest BCUT2D eigenvalue weighted by atomic mass is 9.92. The van der Waals surface area contributed by atoms with Crippen LogP contribution in [-0.2, 0) is 4.79 Å². The van der Waals surface area contributed by atoms with E-state index in [1.165, 1.54) is 11.0 Å². The third-order valence-electron chi connectivity index (χ3n) is 5.47. The molecule has 0 saturated carbocycles. The van der Waals surface area contributed by atoms with Crippen molar-refractivity contribution in [2.75, 3.05) is 37.7 Å². The Kier molecular flexibility index (Phi) is 5.69. The summed E-state index contributed by atoms with van der Waals surface area (Å²) in [6, 6.07) is 6.44. The van der Waals surface area contributed by atoms with Crippen molar-refractivity contribution in [1.82, 2.24) is 15.1 Å². The van der Waals surface area contributed by atoms with Crippen LogP contribution in [0.4, 0.5) is 14.9 Å². The molecule has 1 N–H and O–H groups in total. The summed E-state index contributed by atoms with van der Waals surface area (Å²) in [5.41, 5.74) is -0.204. The summed E-state index contributed by atoms with van der Waals surface area (Å²) < 4.78 is 14.0. The largest absolute Gasteiger partial charge is 0.367 e. The highest BCUT2D eigenvalue weighted by atomic mass is 19.1. The number of rotatable bonds is 6. The number of carbonyl (C=O) groups excluding carboxylic acids is 2. The number of benzene rings is 1. The number of para-hydroxylation sites is 1. The van der Waals surface area contributed by atoms with Crippen molar-refractivity contribution in [3.05, 3.63) is 30.1 Å². The highest BCUT2D eigenvalue weighted by molar-refractivity contribution is 6.06. The zero-order chi connectivity index (χ0) is 19.6. The van der Waals surface area contributed by atoms with Gasteiger partial charge in [0.2, 0.25) is 0 Å². The van der Waals surface area contributed by atoms with Gasteiger partial charge in [-0.05, 0) is 37.8 Å². The standard InChI is InChI=1S/C20H29FN4O2/c1-15(2)8-9-20(3)18(26)25(19(27)22-20)14-23-10-12-24(13-11-23)17-7-5-4-6-16(17)21/h4-7,15H,8-14H2,1-3H3,(H,22,27)/t20-/m1/s1. The maximum absolute atomic E-state index is 14.0. The van der Waals surface area contributed by atoms with E-state index in [2.05, 4.69) is 24.1 Å². The Bertz CT molecular complexity index is 703. The van der Waals surface area contributed by atoms with Crippen LogP contribution in [0.5, 0.6) is 0 Å². The Labute approximate surface area is 160 Å². The molecule has 0 spiro atoms. The van der Waals surface area contributed by atoms with Gasteiger partial charge in [0.15, 0.2) is 0 Å². The number of halogens is 1. The van der Waals surface area contributed by atoms with E-state index in [4.69, 9.17) is 0 Å². The maximum Gasteiger partial charge on any atom is 0.326 e. The molecule has 3 amide bonds. The molecule has 148 valence electrons. The van der Waals surface area contributed by atoms with Crippen molar-refractivity contribution in [3.63, 3.8) is 0 Å². The molecule has 6 nitrogen and oxygen atoms in total. The lowest BCUT2D eigenvalue weighted by Gasteiger charge is -2.37.